The van der Waals surface area contributed by atoms with E-state index in [4.69, 9.17) is 4.74 Å². The van der Waals surface area contributed by atoms with Gasteiger partial charge in [0.25, 0.3) is 0 Å². The molecule has 16 heavy (non-hydrogen) atoms. The number of ether oxygens (including phenoxy) is 1. The highest BCUT2D eigenvalue weighted by atomic mass is 32.1. The van der Waals surface area contributed by atoms with E-state index in [1.807, 2.05) is 29.6 Å². The summed E-state index contributed by atoms with van der Waals surface area (Å²) in [5.41, 5.74) is 1.77. The highest BCUT2D eigenvalue weighted by Gasteiger charge is 2.08. The molecule has 1 aromatic carbocycles. The fourth-order valence-corrected chi connectivity index (χ4v) is 2.29. The highest BCUT2D eigenvalue weighted by Crippen LogP contribution is 2.31. The molecule has 1 heterocycles. The molecule has 0 unspecified atom stereocenters. The van der Waals surface area contributed by atoms with E-state index in [1.165, 1.54) is 11.3 Å². The van der Waals surface area contributed by atoms with Gasteiger partial charge in [0.1, 0.15) is 17.0 Å². The Morgan fingerprint density at radius 3 is 3.00 bits per heavy atom. The summed E-state index contributed by atoms with van der Waals surface area (Å²) in [6, 6.07) is 7.72. The molecule has 2 rings (SSSR count). The standard InChI is InChI=1S/C12H11NO2S/c1-15-11-5-3-2-4-10(11)12-13-9(6-7-14)8-16-12/h2-5,7-8H,6H2,1H3. The monoisotopic (exact) mass is 233 g/mol. The number of carbonyl (C=O) groups excluding carboxylic acids is 1. The van der Waals surface area contributed by atoms with Gasteiger partial charge in [-0.25, -0.2) is 4.98 Å². The Morgan fingerprint density at radius 2 is 2.25 bits per heavy atom. The molecule has 0 amide bonds. The number of nitrogens with zero attached hydrogens (tertiary/aromatic N) is 1. The zero-order valence-corrected chi connectivity index (χ0v) is 9.66. The Kier molecular flexibility index (Phi) is 3.31. The van der Waals surface area contributed by atoms with Crippen molar-refractivity contribution in [2.75, 3.05) is 7.11 Å². The fourth-order valence-electron chi connectivity index (χ4n) is 1.43. The molecule has 0 aliphatic heterocycles. The third-order valence-corrected chi connectivity index (χ3v) is 3.11. The first-order valence-electron chi connectivity index (χ1n) is 4.86. The number of hydrogen-bond donors (Lipinski definition) is 0. The smallest absolute Gasteiger partial charge is 0.129 e. The van der Waals surface area contributed by atoms with Gasteiger partial charge < -0.3 is 9.53 Å². The molecule has 0 saturated heterocycles. The van der Waals surface area contributed by atoms with Gasteiger partial charge in [0.2, 0.25) is 0 Å². The molecular weight excluding hydrogens is 222 g/mol. The average Bonchev–Trinajstić information content (AvgIpc) is 2.78. The lowest BCUT2D eigenvalue weighted by Crippen LogP contribution is -1.88. The SMILES string of the molecule is COc1ccccc1-c1nc(CC=O)cs1. The maximum absolute atomic E-state index is 10.4. The lowest BCUT2D eigenvalue weighted by Gasteiger charge is -2.04. The van der Waals surface area contributed by atoms with Crippen LogP contribution >= 0.6 is 11.3 Å². The van der Waals surface area contributed by atoms with Crippen molar-refractivity contribution in [1.82, 2.24) is 4.98 Å². The van der Waals surface area contributed by atoms with Crippen molar-refractivity contribution < 1.29 is 9.53 Å². The van der Waals surface area contributed by atoms with Crippen LogP contribution in [0.1, 0.15) is 5.69 Å². The number of hydrogen-bond acceptors (Lipinski definition) is 4. The molecule has 0 saturated carbocycles. The van der Waals surface area contributed by atoms with Crippen molar-refractivity contribution >= 4 is 17.6 Å². The van der Waals surface area contributed by atoms with E-state index in [-0.39, 0.29) is 0 Å². The maximum atomic E-state index is 10.4. The summed E-state index contributed by atoms with van der Waals surface area (Å²) in [4.78, 5) is 14.8. The predicted molar refractivity (Wildman–Crippen MR) is 63.9 cm³/mol. The van der Waals surface area contributed by atoms with Crippen LogP contribution in [0, 0.1) is 0 Å². The second-order valence-corrected chi connectivity index (χ2v) is 4.07. The van der Waals surface area contributed by atoms with E-state index >= 15 is 0 Å². The predicted octanol–water partition coefficient (Wildman–Crippen LogP) is 2.56. The Balaban J connectivity index is 2.38. The zero-order valence-electron chi connectivity index (χ0n) is 8.84. The summed E-state index contributed by atoms with van der Waals surface area (Å²) in [7, 11) is 1.64. The molecule has 0 fully saturated rings. The maximum Gasteiger partial charge on any atom is 0.129 e. The molecule has 2 aromatic rings. The van der Waals surface area contributed by atoms with Gasteiger partial charge >= 0.3 is 0 Å². The zero-order chi connectivity index (χ0) is 11.4. The van der Waals surface area contributed by atoms with Gasteiger partial charge in [0.05, 0.1) is 18.4 Å². The van der Waals surface area contributed by atoms with Crippen LogP contribution < -0.4 is 4.74 Å². The van der Waals surface area contributed by atoms with Crippen LogP contribution in [0.25, 0.3) is 10.6 Å². The van der Waals surface area contributed by atoms with Crippen LogP contribution in [0.3, 0.4) is 0 Å². The highest BCUT2D eigenvalue weighted by molar-refractivity contribution is 7.13. The van der Waals surface area contributed by atoms with Crippen molar-refractivity contribution in [3.63, 3.8) is 0 Å². The topological polar surface area (TPSA) is 39.2 Å². The van der Waals surface area contributed by atoms with E-state index in [0.717, 1.165) is 28.3 Å². The number of para-hydroxylation sites is 1. The third kappa shape index (κ3) is 2.12. The van der Waals surface area contributed by atoms with Gasteiger partial charge in [-0.05, 0) is 12.1 Å². The Labute approximate surface area is 97.7 Å². The second kappa shape index (κ2) is 4.90. The Hall–Kier alpha value is -1.68. The van der Waals surface area contributed by atoms with Crippen LogP contribution in [0.2, 0.25) is 0 Å². The molecule has 0 aliphatic carbocycles. The van der Waals surface area contributed by atoms with Crippen molar-refractivity contribution in [3.05, 3.63) is 35.3 Å². The molecule has 3 nitrogen and oxygen atoms in total. The van der Waals surface area contributed by atoms with Crippen LogP contribution in [0.4, 0.5) is 0 Å². The minimum Gasteiger partial charge on any atom is -0.496 e. The quantitative estimate of drug-likeness (QED) is 0.762. The first-order chi connectivity index (χ1) is 7.85. The van der Waals surface area contributed by atoms with Crippen LogP contribution in [-0.2, 0) is 11.2 Å². The molecule has 0 atom stereocenters. The van der Waals surface area contributed by atoms with Gasteiger partial charge in [0.15, 0.2) is 0 Å². The van der Waals surface area contributed by atoms with Crippen LogP contribution in [0.5, 0.6) is 5.75 Å². The molecule has 0 radical (unpaired) electrons. The number of rotatable bonds is 4. The lowest BCUT2D eigenvalue weighted by molar-refractivity contribution is -0.107. The molecule has 1 aromatic heterocycles. The van der Waals surface area contributed by atoms with E-state index in [0.29, 0.717) is 6.42 Å². The van der Waals surface area contributed by atoms with E-state index in [9.17, 15) is 4.79 Å². The van der Waals surface area contributed by atoms with Crippen molar-refractivity contribution in [2.45, 2.75) is 6.42 Å². The van der Waals surface area contributed by atoms with Crippen molar-refractivity contribution in [2.24, 2.45) is 0 Å². The summed E-state index contributed by atoms with van der Waals surface area (Å²) in [5.74, 6) is 0.800. The number of thiazole rings is 1. The van der Waals surface area contributed by atoms with E-state index in [1.54, 1.807) is 7.11 Å². The Morgan fingerprint density at radius 1 is 1.44 bits per heavy atom. The number of carbonyl (C=O) groups is 1. The molecule has 82 valence electrons. The number of benzene rings is 1. The van der Waals surface area contributed by atoms with Crippen molar-refractivity contribution in [1.29, 1.82) is 0 Å². The first kappa shape index (κ1) is 10.8. The van der Waals surface area contributed by atoms with E-state index < -0.39 is 0 Å². The van der Waals surface area contributed by atoms with Gasteiger partial charge in [-0.1, -0.05) is 12.1 Å². The van der Waals surface area contributed by atoms with Gasteiger partial charge in [-0.15, -0.1) is 11.3 Å². The largest absolute Gasteiger partial charge is 0.496 e. The molecule has 0 bridgehead atoms. The number of methoxy groups -OCH3 is 1. The average molecular weight is 233 g/mol. The molecular formula is C12H11NO2S. The summed E-state index contributed by atoms with van der Waals surface area (Å²) in [6.07, 6.45) is 1.23. The Bertz CT molecular complexity index is 493. The van der Waals surface area contributed by atoms with Crippen LogP contribution in [-0.4, -0.2) is 18.4 Å². The fraction of sp³-hybridized carbons (Fsp3) is 0.167. The summed E-state index contributed by atoms with van der Waals surface area (Å²) in [6.45, 7) is 0. The molecule has 0 N–H and O–H groups in total. The normalized spacial score (nSPS) is 10.1. The summed E-state index contributed by atoms with van der Waals surface area (Å²) >= 11 is 1.52. The van der Waals surface area contributed by atoms with Crippen LogP contribution in [0.15, 0.2) is 29.6 Å². The number of aldehydes is 1. The minimum atomic E-state index is 0.367. The summed E-state index contributed by atoms with van der Waals surface area (Å²) in [5, 5.41) is 2.78. The third-order valence-electron chi connectivity index (χ3n) is 2.18. The van der Waals surface area contributed by atoms with Gasteiger partial charge in [0, 0.05) is 11.8 Å². The number of aromatic nitrogens is 1. The lowest BCUT2D eigenvalue weighted by atomic mass is 10.2. The molecule has 0 spiro atoms. The first-order valence-corrected chi connectivity index (χ1v) is 5.74. The second-order valence-electron chi connectivity index (χ2n) is 3.22. The van der Waals surface area contributed by atoms with Gasteiger partial charge in [-0.3, -0.25) is 0 Å². The van der Waals surface area contributed by atoms with Crippen molar-refractivity contribution in [3.8, 4) is 16.3 Å². The van der Waals surface area contributed by atoms with E-state index in [2.05, 4.69) is 4.98 Å². The summed E-state index contributed by atoms with van der Waals surface area (Å²) < 4.78 is 5.27. The molecule has 4 heteroatoms. The molecule has 0 aliphatic rings. The minimum absolute atomic E-state index is 0.367. The van der Waals surface area contributed by atoms with Gasteiger partial charge in [-0.2, -0.15) is 0 Å².